The van der Waals surface area contributed by atoms with E-state index in [2.05, 4.69) is 20.7 Å². The SMILES string of the molecule is Cc1ccc(S(=O)(=O)NCc2ccc(Br)s2)c(N)c1. The molecule has 0 saturated carbocycles. The Morgan fingerprint density at radius 1 is 1.32 bits per heavy atom. The van der Waals surface area contributed by atoms with Crippen LogP contribution in [-0.2, 0) is 16.6 Å². The van der Waals surface area contributed by atoms with Crippen molar-refractivity contribution in [2.24, 2.45) is 0 Å². The molecule has 3 N–H and O–H groups in total. The quantitative estimate of drug-likeness (QED) is 0.823. The van der Waals surface area contributed by atoms with E-state index in [1.807, 2.05) is 19.1 Å². The van der Waals surface area contributed by atoms with Crippen LogP contribution in [0.4, 0.5) is 5.69 Å². The fourth-order valence-electron chi connectivity index (χ4n) is 1.60. The lowest BCUT2D eigenvalue weighted by molar-refractivity contribution is 0.582. The lowest BCUT2D eigenvalue weighted by Gasteiger charge is -2.08. The van der Waals surface area contributed by atoms with Gasteiger partial charge >= 0.3 is 0 Å². The second-order valence-electron chi connectivity index (χ2n) is 4.07. The zero-order valence-electron chi connectivity index (χ0n) is 10.2. The minimum atomic E-state index is -3.58. The van der Waals surface area contributed by atoms with E-state index in [-0.39, 0.29) is 17.1 Å². The van der Waals surface area contributed by atoms with Gasteiger partial charge in [-0.15, -0.1) is 11.3 Å². The second-order valence-corrected chi connectivity index (χ2v) is 8.35. The first-order valence-electron chi connectivity index (χ1n) is 5.48. The van der Waals surface area contributed by atoms with E-state index in [0.717, 1.165) is 14.2 Å². The number of hydrogen-bond donors (Lipinski definition) is 2. The topological polar surface area (TPSA) is 72.2 Å². The third-order valence-electron chi connectivity index (χ3n) is 2.52. The molecule has 102 valence electrons. The Kier molecular flexibility index (Phi) is 4.29. The summed E-state index contributed by atoms with van der Waals surface area (Å²) >= 11 is 4.83. The first-order valence-corrected chi connectivity index (χ1v) is 8.58. The highest BCUT2D eigenvalue weighted by molar-refractivity contribution is 9.11. The van der Waals surface area contributed by atoms with Gasteiger partial charge in [0.05, 0.1) is 9.47 Å². The Balaban J connectivity index is 2.18. The fourth-order valence-corrected chi connectivity index (χ4v) is 4.23. The molecule has 1 heterocycles. The van der Waals surface area contributed by atoms with E-state index in [9.17, 15) is 8.42 Å². The van der Waals surface area contributed by atoms with Gasteiger partial charge < -0.3 is 5.73 Å². The van der Waals surface area contributed by atoms with Crippen molar-refractivity contribution in [2.45, 2.75) is 18.4 Å². The first-order chi connectivity index (χ1) is 8.88. The molecule has 0 amide bonds. The molecule has 2 rings (SSSR count). The van der Waals surface area contributed by atoms with Crippen molar-refractivity contribution >= 4 is 43.0 Å². The molecular weight excluding hydrogens is 348 g/mol. The number of anilines is 1. The number of benzene rings is 1. The van der Waals surface area contributed by atoms with Crippen LogP contribution in [0.1, 0.15) is 10.4 Å². The lowest BCUT2D eigenvalue weighted by atomic mass is 10.2. The Bertz CT molecular complexity index is 696. The van der Waals surface area contributed by atoms with Crippen molar-refractivity contribution in [3.8, 4) is 0 Å². The number of nitrogen functional groups attached to an aromatic ring is 1. The minimum absolute atomic E-state index is 0.119. The monoisotopic (exact) mass is 360 g/mol. The maximum Gasteiger partial charge on any atom is 0.242 e. The molecule has 2 aromatic rings. The third-order valence-corrected chi connectivity index (χ3v) is 5.62. The fraction of sp³-hybridized carbons (Fsp3) is 0.167. The highest BCUT2D eigenvalue weighted by atomic mass is 79.9. The molecule has 7 heteroatoms. The van der Waals surface area contributed by atoms with Gasteiger partial charge in [-0.25, -0.2) is 13.1 Å². The summed E-state index contributed by atoms with van der Waals surface area (Å²) in [7, 11) is -3.58. The van der Waals surface area contributed by atoms with E-state index >= 15 is 0 Å². The number of sulfonamides is 1. The highest BCUT2D eigenvalue weighted by Crippen LogP contribution is 2.23. The number of aryl methyl sites for hydroxylation is 1. The van der Waals surface area contributed by atoms with Gasteiger partial charge in [-0.1, -0.05) is 6.07 Å². The zero-order chi connectivity index (χ0) is 14.0. The molecule has 1 aromatic heterocycles. The Hall–Kier alpha value is -0.890. The molecule has 0 aliphatic carbocycles. The van der Waals surface area contributed by atoms with Crippen molar-refractivity contribution in [2.75, 3.05) is 5.73 Å². The van der Waals surface area contributed by atoms with Gasteiger partial charge in [-0.2, -0.15) is 0 Å². The van der Waals surface area contributed by atoms with Crippen LogP contribution in [0.25, 0.3) is 0 Å². The van der Waals surface area contributed by atoms with Crippen molar-refractivity contribution in [1.29, 1.82) is 0 Å². The van der Waals surface area contributed by atoms with Gasteiger partial charge in [-0.05, 0) is 52.7 Å². The summed E-state index contributed by atoms with van der Waals surface area (Å²) in [4.78, 5) is 1.05. The maximum atomic E-state index is 12.1. The Morgan fingerprint density at radius 3 is 2.63 bits per heavy atom. The van der Waals surface area contributed by atoms with Gasteiger partial charge in [-0.3, -0.25) is 0 Å². The van der Waals surface area contributed by atoms with Crippen LogP contribution in [-0.4, -0.2) is 8.42 Å². The normalized spacial score (nSPS) is 11.7. The van der Waals surface area contributed by atoms with Crippen LogP contribution >= 0.6 is 27.3 Å². The molecule has 0 bridgehead atoms. The van der Waals surface area contributed by atoms with Gasteiger partial charge in [0.1, 0.15) is 4.90 Å². The number of rotatable bonds is 4. The molecular formula is C12H13BrN2O2S2. The molecule has 0 saturated heterocycles. The minimum Gasteiger partial charge on any atom is -0.398 e. The van der Waals surface area contributed by atoms with E-state index in [1.54, 1.807) is 12.1 Å². The Morgan fingerprint density at radius 2 is 2.05 bits per heavy atom. The van der Waals surface area contributed by atoms with Crippen LogP contribution in [0.2, 0.25) is 0 Å². The van der Waals surface area contributed by atoms with E-state index in [1.165, 1.54) is 17.4 Å². The van der Waals surface area contributed by atoms with Crippen molar-refractivity contribution < 1.29 is 8.42 Å². The molecule has 0 fully saturated rings. The third kappa shape index (κ3) is 3.56. The van der Waals surface area contributed by atoms with Crippen LogP contribution in [0.15, 0.2) is 39.0 Å². The summed E-state index contributed by atoms with van der Waals surface area (Å²) in [6.45, 7) is 2.12. The average Bonchev–Trinajstić information content (AvgIpc) is 2.72. The summed E-state index contributed by atoms with van der Waals surface area (Å²) in [6.07, 6.45) is 0. The van der Waals surface area contributed by atoms with E-state index < -0.39 is 10.0 Å². The first kappa shape index (κ1) is 14.5. The highest BCUT2D eigenvalue weighted by Gasteiger charge is 2.17. The van der Waals surface area contributed by atoms with Gasteiger partial charge in [0.25, 0.3) is 0 Å². The largest absolute Gasteiger partial charge is 0.398 e. The summed E-state index contributed by atoms with van der Waals surface area (Å²) in [5.74, 6) is 0. The summed E-state index contributed by atoms with van der Waals surface area (Å²) in [6, 6.07) is 8.66. The summed E-state index contributed by atoms with van der Waals surface area (Å²) < 4.78 is 27.8. The molecule has 0 aliphatic heterocycles. The van der Waals surface area contributed by atoms with Crippen LogP contribution in [0.3, 0.4) is 0 Å². The molecule has 0 atom stereocenters. The predicted octanol–water partition coefficient (Wildman–Crippen LogP) is 2.88. The van der Waals surface area contributed by atoms with E-state index in [4.69, 9.17) is 5.73 Å². The van der Waals surface area contributed by atoms with E-state index in [0.29, 0.717) is 0 Å². The van der Waals surface area contributed by atoms with Crippen LogP contribution in [0.5, 0.6) is 0 Å². The average molecular weight is 361 g/mol. The predicted molar refractivity (Wildman–Crippen MR) is 81.6 cm³/mol. The second kappa shape index (κ2) is 5.62. The molecule has 0 radical (unpaired) electrons. The van der Waals surface area contributed by atoms with Crippen LogP contribution in [0, 0.1) is 6.92 Å². The van der Waals surface area contributed by atoms with Gasteiger partial charge in [0.15, 0.2) is 0 Å². The van der Waals surface area contributed by atoms with Crippen molar-refractivity contribution in [3.63, 3.8) is 0 Å². The van der Waals surface area contributed by atoms with Crippen molar-refractivity contribution in [1.82, 2.24) is 4.72 Å². The molecule has 19 heavy (non-hydrogen) atoms. The van der Waals surface area contributed by atoms with Gasteiger partial charge in [0.2, 0.25) is 10.0 Å². The standard InChI is InChI=1S/C12H13BrN2O2S2/c1-8-2-4-11(10(14)6-8)19(16,17)15-7-9-3-5-12(13)18-9/h2-6,15H,7,14H2,1H3. The Labute approximate surface area is 124 Å². The smallest absolute Gasteiger partial charge is 0.242 e. The molecule has 4 nitrogen and oxygen atoms in total. The number of halogens is 1. The lowest BCUT2D eigenvalue weighted by Crippen LogP contribution is -2.23. The number of thiophene rings is 1. The number of nitrogens with two attached hydrogens (primary N) is 1. The molecule has 0 unspecified atom stereocenters. The summed E-state index contributed by atoms with van der Waals surface area (Å²) in [5.41, 5.74) is 6.95. The zero-order valence-corrected chi connectivity index (χ0v) is 13.4. The molecule has 1 aromatic carbocycles. The number of nitrogens with one attached hydrogen (secondary N) is 1. The van der Waals surface area contributed by atoms with Crippen molar-refractivity contribution in [3.05, 3.63) is 44.6 Å². The molecule has 0 aliphatic rings. The summed E-state index contributed by atoms with van der Waals surface area (Å²) in [5, 5.41) is 0. The number of hydrogen-bond acceptors (Lipinski definition) is 4. The molecule has 0 spiro atoms. The van der Waals surface area contributed by atoms with Crippen LogP contribution < -0.4 is 10.5 Å². The maximum absolute atomic E-state index is 12.1. The van der Waals surface area contributed by atoms with Gasteiger partial charge in [0, 0.05) is 11.4 Å².